The van der Waals surface area contributed by atoms with Crippen LogP contribution in [-0.4, -0.2) is 13.4 Å². The molecule has 0 saturated carbocycles. The first-order valence-electron chi connectivity index (χ1n) is 23.9. The van der Waals surface area contributed by atoms with Crippen molar-refractivity contribution < 1.29 is 0 Å². The van der Waals surface area contributed by atoms with Crippen molar-refractivity contribution in [2.75, 3.05) is 14.7 Å². The van der Waals surface area contributed by atoms with E-state index in [2.05, 4.69) is 256 Å². The van der Waals surface area contributed by atoms with Crippen LogP contribution in [0.3, 0.4) is 0 Å². The molecule has 0 atom stereocenters. The average molecular weight is 860 g/mol. The number of benzene rings is 9. The Morgan fingerprint density at radius 2 is 0.672 bits per heavy atom. The third-order valence-corrected chi connectivity index (χ3v) is 14.9. The number of fused-ring (bicyclic) bond motifs is 8. The lowest BCUT2D eigenvalue weighted by Crippen LogP contribution is -2.68. The molecule has 3 nitrogen and oxygen atoms in total. The van der Waals surface area contributed by atoms with E-state index in [4.69, 9.17) is 0 Å². The molecule has 0 saturated heterocycles. The standard InChI is InChI=1S/C62H51B2N3/c1-61(2,3)44-28-32-46(33-29-44)65-52-24-15-13-22-48(52)63-50-36-42(40-18-9-7-10-19-40)37-51-60(50)67(55-27-17-26-54(65)58(55)63)57-39-43(41-20-11-8-12-21-41)38-56-59(57)64(51)49-23-14-16-25-53(49)66(56)47-34-30-45(31-35-47)62(4,5)6/h7-39H,1-6H3. The molecular formula is C62H51B2N3. The third kappa shape index (κ3) is 6.00. The van der Waals surface area contributed by atoms with Crippen LogP contribution in [0.5, 0.6) is 0 Å². The number of rotatable bonds is 4. The Bertz CT molecular complexity index is 3420. The van der Waals surface area contributed by atoms with Gasteiger partial charge in [0.25, 0.3) is 13.4 Å². The van der Waals surface area contributed by atoms with Crippen molar-refractivity contribution in [3.63, 3.8) is 0 Å². The van der Waals surface area contributed by atoms with Crippen LogP contribution in [0.1, 0.15) is 52.7 Å². The Morgan fingerprint density at radius 1 is 0.299 bits per heavy atom. The molecule has 0 spiro atoms. The molecule has 13 rings (SSSR count). The van der Waals surface area contributed by atoms with Crippen molar-refractivity contribution in [2.24, 2.45) is 0 Å². The minimum atomic E-state index is -0.00817. The van der Waals surface area contributed by atoms with E-state index < -0.39 is 0 Å². The fraction of sp³-hybridized carbons (Fsp3) is 0.129. The van der Waals surface area contributed by atoms with Crippen LogP contribution in [0.4, 0.5) is 51.2 Å². The number of nitrogens with zero attached hydrogens (tertiary/aromatic N) is 3. The quantitative estimate of drug-likeness (QED) is 0.163. The van der Waals surface area contributed by atoms with E-state index in [1.54, 1.807) is 0 Å². The Balaban J connectivity index is 1.14. The fourth-order valence-corrected chi connectivity index (χ4v) is 11.7. The maximum absolute atomic E-state index is 2.67. The Hall–Kier alpha value is -7.49. The molecular weight excluding hydrogens is 808 g/mol. The molecule has 5 heteroatoms. The normalized spacial score (nSPS) is 14.0. The van der Waals surface area contributed by atoms with Gasteiger partial charge in [-0.05, 0) is 138 Å². The van der Waals surface area contributed by atoms with Gasteiger partial charge in [0.1, 0.15) is 0 Å². The van der Waals surface area contributed by atoms with Gasteiger partial charge < -0.3 is 14.7 Å². The Labute approximate surface area is 396 Å². The molecule has 320 valence electrons. The lowest BCUT2D eigenvalue weighted by molar-refractivity contribution is 0.590. The molecule has 0 aromatic heterocycles. The summed E-state index contributed by atoms with van der Waals surface area (Å²) in [5.41, 5.74) is 26.7. The molecule has 4 aliphatic rings. The van der Waals surface area contributed by atoms with Crippen LogP contribution in [0.2, 0.25) is 0 Å². The number of hydrogen-bond donors (Lipinski definition) is 0. The first kappa shape index (κ1) is 39.8. The summed E-state index contributed by atoms with van der Waals surface area (Å²) in [7, 11) is 0. The molecule has 9 aromatic carbocycles. The Kier molecular flexibility index (Phi) is 8.62. The number of hydrogen-bond acceptors (Lipinski definition) is 3. The molecule has 0 N–H and O–H groups in total. The van der Waals surface area contributed by atoms with E-state index in [0.717, 1.165) is 5.69 Å². The van der Waals surface area contributed by atoms with E-state index in [-0.39, 0.29) is 24.3 Å². The second-order valence-electron chi connectivity index (χ2n) is 21.0. The first-order chi connectivity index (χ1) is 32.5. The van der Waals surface area contributed by atoms with Crippen molar-refractivity contribution in [3.8, 4) is 22.3 Å². The van der Waals surface area contributed by atoms with Gasteiger partial charge in [-0.15, -0.1) is 0 Å². The zero-order valence-electron chi connectivity index (χ0n) is 39.0. The van der Waals surface area contributed by atoms with Crippen molar-refractivity contribution in [2.45, 2.75) is 52.4 Å². The highest BCUT2D eigenvalue weighted by Gasteiger charge is 2.50. The summed E-state index contributed by atoms with van der Waals surface area (Å²) in [6, 6.07) is 76.0. The Morgan fingerprint density at radius 3 is 1.15 bits per heavy atom. The third-order valence-electron chi connectivity index (χ3n) is 14.9. The summed E-state index contributed by atoms with van der Waals surface area (Å²) in [6.45, 7) is 13.8. The van der Waals surface area contributed by atoms with Gasteiger partial charge in [-0.2, -0.15) is 0 Å². The van der Waals surface area contributed by atoms with Gasteiger partial charge in [0.05, 0.1) is 0 Å². The van der Waals surface area contributed by atoms with E-state index >= 15 is 0 Å². The predicted molar refractivity (Wildman–Crippen MR) is 288 cm³/mol. The summed E-state index contributed by atoms with van der Waals surface area (Å²) in [4.78, 5) is 7.73. The summed E-state index contributed by atoms with van der Waals surface area (Å²) < 4.78 is 0. The monoisotopic (exact) mass is 859 g/mol. The average Bonchev–Trinajstić information content (AvgIpc) is 3.35. The lowest BCUT2D eigenvalue weighted by Gasteiger charge is -2.50. The van der Waals surface area contributed by atoms with Gasteiger partial charge in [0.2, 0.25) is 0 Å². The fourth-order valence-electron chi connectivity index (χ4n) is 11.7. The highest BCUT2D eigenvalue weighted by atomic mass is 15.2. The maximum atomic E-state index is 2.67. The molecule has 9 aromatic rings. The van der Waals surface area contributed by atoms with Crippen LogP contribution >= 0.6 is 0 Å². The van der Waals surface area contributed by atoms with Gasteiger partial charge in [-0.25, -0.2) is 0 Å². The second-order valence-corrected chi connectivity index (χ2v) is 21.0. The van der Waals surface area contributed by atoms with E-state index in [0.29, 0.717) is 0 Å². The smallest absolute Gasteiger partial charge is 0.252 e. The number of anilines is 9. The lowest BCUT2D eigenvalue weighted by atomic mass is 9.29. The minimum absolute atomic E-state index is 0.00817. The van der Waals surface area contributed by atoms with Crippen LogP contribution in [0.25, 0.3) is 22.3 Å². The van der Waals surface area contributed by atoms with E-state index in [9.17, 15) is 0 Å². The van der Waals surface area contributed by atoms with Gasteiger partial charge in [0.15, 0.2) is 0 Å². The van der Waals surface area contributed by atoms with Crippen molar-refractivity contribution in [1.29, 1.82) is 0 Å². The molecule has 4 heterocycles. The summed E-state index contributed by atoms with van der Waals surface area (Å²) in [5.74, 6) is 0. The molecule has 0 amide bonds. The number of para-hydroxylation sites is 2. The molecule has 0 bridgehead atoms. The van der Waals surface area contributed by atoms with Gasteiger partial charge >= 0.3 is 0 Å². The van der Waals surface area contributed by atoms with Crippen molar-refractivity contribution in [3.05, 3.63) is 211 Å². The predicted octanol–water partition coefficient (Wildman–Crippen LogP) is 12.3. The van der Waals surface area contributed by atoms with Crippen molar-refractivity contribution in [1.82, 2.24) is 0 Å². The van der Waals surface area contributed by atoms with Crippen LogP contribution in [0.15, 0.2) is 200 Å². The van der Waals surface area contributed by atoms with Crippen LogP contribution in [0, 0.1) is 0 Å². The summed E-state index contributed by atoms with van der Waals surface area (Å²) >= 11 is 0. The zero-order valence-corrected chi connectivity index (χ0v) is 39.0. The van der Waals surface area contributed by atoms with Gasteiger partial charge in [0, 0.05) is 51.2 Å². The molecule has 67 heavy (non-hydrogen) atoms. The summed E-state index contributed by atoms with van der Waals surface area (Å²) in [6.07, 6.45) is 0. The van der Waals surface area contributed by atoms with Crippen molar-refractivity contribution >= 4 is 97.4 Å². The molecule has 0 aliphatic carbocycles. The highest BCUT2D eigenvalue weighted by molar-refractivity contribution is 7.04. The highest BCUT2D eigenvalue weighted by Crippen LogP contribution is 2.49. The SMILES string of the molecule is CC(C)(C)c1ccc(N2c3ccccc3B3c4cc(-c5ccccc5)cc5c4N(c4cccc2c43)c2cc(-c3ccccc3)cc3c2B5c2ccccc2N3c2ccc(C(C)(C)C)cc2)cc1. The van der Waals surface area contributed by atoms with Gasteiger partial charge in [-0.3, -0.25) is 0 Å². The topological polar surface area (TPSA) is 9.72 Å². The van der Waals surface area contributed by atoms with Gasteiger partial charge in [-0.1, -0.05) is 181 Å². The van der Waals surface area contributed by atoms with Crippen LogP contribution in [-0.2, 0) is 10.8 Å². The maximum Gasteiger partial charge on any atom is 0.252 e. The first-order valence-corrected chi connectivity index (χ1v) is 23.9. The minimum Gasteiger partial charge on any atom is -0.312 e. The molecule has 4 aliphatic heterocycles. The largest absolute Gasteiger partial charge is 0.312 e. The van der Waals surface area contributed by atoms with E-state index in [1.807, 2.05) is 0 Å². The zero-order chi connectivity index (χ0) is 45.3. The molecule has 0 radical (unpaired) electrons. The molecule has 0 fully saturated rings. The van der Waals surface area contributed by atoms with E-state index in [1.165, 1.54) is 112 Å². The summed E-state index contributed by atoms with van der Waals surface area (Å²) in [5, 5.41) is 0. The molecule has 0 unspecified atom stereocenters. The van der Waals surface area contributed by atoms with Crippen LogP contribution < -0.4 is 47.5 Å². The second kappa shape index (κ2) is 14.5.